The van der Waals surface area contributed by atoms with E-state index in [2.05, 4.69) is 0 Å². The van der Waals surface area contributed by atoms with E-state index in [1.165, 1.54) is 0 Å². The SMILES string of the molecule is Cc1cccc(O)c1.[W]. The van der Waals surface area contributed by atoms with E-state index in [1.54, 1.807) is 12.1 Å². The van der Waals surface area contributed by atoms with Crippen LogP contribution >= 0.6 is 0 Å². The van der Waals surface area contributed by atoms with Crippen LogP contribution in [0.25, 0.3) is 0 Å². The molecule has 0 spiro atoms. The topological polar surface area (TPSA) is 20.2 Å². The number of benzene rings is 1. The smallest absolute Gasteiger partial charge is 0.115 e. The van der Waals surface area contributed by atoms with Gasteiger partial charge in [-0.05, 0) is 24.6 Å². The summed E-state index contributed by atoms with van der Waals surface area (Å²) in [6.07, 6.45) is 0. The van der Waals surface area contributed by atoms with Crippen molar-refractivity contribution in [3.63, 3.8) is 0 Å². The first-order chi connectivity index (χ1) is 3.79. The largest absolute Gasteiger partial charge is 0.508 e. The van der Waals surface area contributed by atoms with Gasteiger partial charge in [-0.3, -0.25) is 0 Å². The Morgan fingerprint density at radius 3 is 2.33 bits per heavy atom. The Bertz CT molecular complexity index is 169. The second kappa shape index (κ2) is 3.68. The Kier molecular flexibility index (Phi) is 3.56. The van der Waals surface area contributed by atoms with Crippen LogP contribution < -0.4 is 0 Å². The van der Waals surface area contributed by atoms with Crippen molar-refractivity contribution in [3.05, 3.63) is 29.8 Å². The van der Waals surface area contributed by atoms with Crippen molar-refractivity contribution in [3.8, 4) is 5.75 Å². The minimum atomic E-state index is 0. The minimum absolute atomic E-state index is 0. The maximum absolute atomic E-state index is 8.81. The molecule has 1 aromatic rings. The number of rotatable bonds is 0. The van der Waals surface area contributed by atoms with Crippen LogP contribution in [-0.2, 0) is 21.1 Å². The maximum Gasteiger partial charge on any atom is 0.115 e. The van der Waals surface area contributed by atoms with E-state index < -0.39 is 0 Å². The number of aryl methyl sites for hydroxylation is 1. The number of phenolic OH excluding ortho intramolecular Hbond substituents is 1. The Morgan fingerprint density at radius 1 is 1.33 bits per heavy atom. The molecule has 0 amide bonds. The van der Waals surface area contributed by atoms with Gasteiger partial charge in [-0.15, -0.1) is 0 Å². The van der Waals surface area contributed by atoms with Crippen molar-refractivity contribution in [2.24, 2.45) is 0 Å². The van der Waals surface area contributed by atoms with E-state index in [9.17, 15) is 0 Å². The number of phenols is 1. The summed E-state index contributed by atoms with van der Waals surface area (Å²) in [6.45, 7) is 1.94. The molecule has 0 bridgehead atoms. The van der Waals surface area contributed by atoms with Crippen LogP contribution in [0.2, 0.25) is 0 Å². The molecule has 0 aromatic heterocycles. The van der Waals surface area contributed by atoms with Gasteiger partial charge >= 0.3 is 0 Å². The molecule has 0 radical (unpaired) electrons. The summed E-state index contributed by atoms with van der Waals surface area (Å²) in [6, 6.07) is 7.15. The minimum Gasteiger partial charge on any atom is -0.508 e. The van der Waals surface area contributed by atoms with Crippen LogP contribution in [0, 0.1) is 6.92 Å². The normalized spacial score (nSPS) is 8.11. The molecule has 0 unspecified atom stereocenters. The third-order valence-electron chi connectivity index (χ3n) is 1.00. The molecule has 0 fully saturated rings. The summed E-state index contributed by atoms with van der Waals surface area (Å²) in [5.74, 6) is 0.338. The average molecular weight is 292 g/mol. The quantitative estimate of drug-likeness (QED) is 0.771. The van der Waals surface area contributed by atoms with Crippen LogP contribution in [-0.4, -0.2) is 5.11 Å². The van der Waals surface area contributed by atoms with Crippen LogP contribution in [0.1, 0.15) is 5.56 Å². The number of hydrogen-bond acceptors (Lipinski definition) is 1. The molecule has 0 heterocycles. The maximum atomic E-state index is 8.81. The second-order valence-electron chi connectivity index (χ2n) is 1.84. The van der Waals surface area contributed by atoms with E-state index in [0.717, 1.165) is 5.56 Å². The van der Waals surface area contributed by atoms with E-state index in [4.69, 9.17) is 5.11 Å². The Hall–Kier alpha value is -0.292. The molecule has 48 valence electrons. The zero-order valence-corrected chi connectivity index (χ0v) is 8.10. The van der Waals surface area contributed by atoms with Gasteiger partial charge in [0.2, 0.25) is 0 Å². The summed E-state index contributed by atoms with van der Waals surface area (Å²) in [5.41, 5.74) is 1.09. The van der Waals surface area contributed by atoms with Gasteiger partial charge in [0.05, 0.1) is 0 Å². The fourth-order valence-corrected chi connectivity index (χ4v) is 0.628. The third kappa shape index (κ3) is 2.66. The molecular formula is C7H8OW. The monoisotopic (exact) mass is 292 g/mol. The molecule has 0 saturated heterocycles. The molecule has 0 aliphatic heterocycles. The summed E-state index contributed by atoms with van der Waals surface area (Å²) in [4.78, 5) is 0. The first-order valence-corrected chi connectivity index (χ1v) is 2.54. The molecule has 1 N–H and O–H groups in total. The van der Waals surface area contributed by atoms with Crippen molar-refractivity contribution >= 4 is 0 Å². The Morgan fingerprint density at radius 2 is 2.00 bits per heavy atom. The van der Waals surface area contributed by atoms with Gasteiger partial charge in [0.1, 0.15) is 5.75 Å². The molecular weight excluding hydrogens is 284 g/mol. The predicted molar refractivity (Wildman–Crippen MR) is 32.8 cm³/mol. The van der Waals surface area contributed by atoms with Gasteiger partial charge in [-0.2, -0.15) is 0 Å². The first-order valence-electron chi connectivity index (χ1n) is 2.54. The van der Waals surface area contributed by atoms with Crippen molar-refractivity contribution in [1.82, 2.24) is 0 Å². The van der Waals surface area contributed by atoms with Crippen molar-refractivity contribution in [2.45, 2.75) is 6.92 Å². The molecule has 0 aliphatic carbocycles. The van der Waals surface area contributed by atoms with Crippen LogP contribution in [0.15, 0.2) is 24.3 Å². The standard InChI is InChI=1S/C7H8O.W/c1-6-3-2-4-7(8)5-6;/h2-5,8H,1H3;. The zero-order valence-electron chi connectivity index (χ0n) is 5.16. The summed E-state index contributed by atoms with van der Waals surface area (Å²) in [7, 11) is 0. The molecule has 0 saturated carbocycles. The van der Waals surface area contributed by atoms with Crippen LogP contribution in [0.4, 0.5) is 0 Å². The zero-order chi connectivity index (χ0) is 5.98. The Balaban J connectivity index is 0.000000640. The molecule has 1 nitrogen and oxygen atoms in total. The average Bonchev–Trinajstić information content (AvgIpc) is 1.64. The molecule has 1 aromatic carbocycles. The van der Waals surface area contributed by atoms with Gasteiger partial charge in [0.25, 0.3) is 0 Å². The van der Waals surface area contributed by atoms with Crippen molar-refractivity contribution < 1.29 is 26.2 Å². The van der Waals surface area contributed by atoms with Crippen molar-refractivity contribution in [2.75, 3.05) is 0 Å². The molecule has 2 heteroatoms. The Labute approximate surface area is 69.0 Å². The van der Waals surface area contributed by atoms with Gasteiger partial charge in [0, 0.05) is 21.1 Å². The van der Waals surface area contributed by atoms with Crippen molar-refractivity contribution in [1.29, 1.82) is 0 Å². The van der Waals surface area contributed by atoms with E-state index in [1.807, 2.05) is 19.1 Å². The summed E-state index contributed by atoms with van der Waals surface area (Å²) in [5, 5.41) is 8.81. The van der Waals surface area contributed by atoms with E-state index >= 15 is 0 Å². The van der Waals surface area contributed by atoms with Gasteiger partial charge in [-0.1, -0.05) is 12.1 Å². The van der Waals surface area contributed by atoms with E-state index in [0.29, 0.717) is 5.75 Å². The number of hydrogen-bond donors (Lipinski definition) is 1. The third-order valence-corrected chi connectivity index (χ3v) is 1.00. The second-order valence-corrected chi connectivity index (χ2v) is 1.84. The number of aromatic hydroxyl groups is 1. The predicted octanol–water partition coefficient (Wildman–Crippen LogP) is 1.70. The first kappa shape index (κ1) is 8.71. The fraction of sp³-hybridized carbons (Fsp3) is 0.143. The fourth-order valence-electron chi connectivity index (χ4n) is 0.628. The summed E-state index contributed by atoms with van der Waals surface area (Å²) >= 11 is 0. The molecule has 9 heavy (non-hydrogen) atoms. The van der Waals surface area contributed by atoms with Gasteiger partial charge < -0.3 is 5.11 Å². The summed E-state index contributed by atoms with van der Waals surface area (Å²) < 4.78 is 0. The van der Waals surface area contributed by atoms with Gasteiger partial charge in [0.15, 0.2) is 0 Å². The van der Waals surface area contributed by atoms with E-state index in [-0.39, 0.29) is 21.1 Å². The molecule has 0 atom stereocenters. The molecule has 0 aliphatic rings. The van der Waals surface area contributed by atoms with Crippen LogP contribution in [0.5, 0.6) is 5.75 Å². The van der Waals surface area contributed by atoms with Crippen LogP contribution in [0.3, 0.4) is 0 Å². The van der Waals surface area contributed by atoms with Gasteiger partial charge in [-0.25, -0.2) is 0 Å². The molecule has 1 rings (SSSR count).